The second-order valence-corrected chi connectivity index (χ2v) is 6.71. The molecule has 0 unspecified atom stereocenters. The van der Waals surface area contributed by atoms with Crippen molar-refractivity contribution in [3.05, 3.63) is 23.8 Å². The number of guanidine groups is 1. The van der Waals surface area contributed by atoms with Gasteiger partial charge in [0.05, 0.1) is 18.6 Å². The van der Waals surface area contributed by atoms with Gasteiger partial charge in [-0.2, -0.15) is 0 Å². The highest BCUT2D eigenvalue weighted by atomic mass is 127. The van der Waals surface area contributed by atoms with Crippen LogP contribution in [0.3, 0.4) is 0 Å². The van der Waals surface area contributed by atoms with Gasteiger partial charge in [-0.15, -0.1) is 24.0 Å². The van der Waals surface area contributed by atoms with Gasteiger partial charge in [0, 0.05) is 27.2 Å². The number of halogens is 1. The first-order valence-corrected chi connectivity index (χ1v) is 9.43. The van der Waals surface area contributed by atoms with Crippen molar-refractivity contribution in [1.82, 2.24) is 16.0 Å². The summed E-state index contributed by atoms with van der Waals surface area (Å²) in [5.41, 5.74) is 0.629. The molecule has 0 aliphatic rings. The van der Waals surface area contributed by atoms with E-state index in [-0.39, 0.29) is 29.9 Å². The van der Waals surface area contributed by atoms with E-state index in [9.17, 15) is 4.79 Å². The van der Waals surface area contributed by atoms with Crippen LogP contribution in [0.5, 0.6) is 11.5 Å². The lowest BCUT2D eigenvalue weighted by molar-refractivity contribution is -0.128. The number of nitrogens with zero attached hydrogens (tertiary/aromatic N) is 1. The van der Waals surface area contributed by atoms with Crippen molar-refractivity contribution in [1.29, 1.82) is 0 Å². The molecule has 160 valence electrons. The third-order valence-electron chi connectivity index (χ3n) is 4.08. The zero-order chi connectivity index (χ0) is 20.3. The average Bonchev–Trinajstić information content (AvgIpc) is 2.66. The molecule has 1 aromatic rings. The summed E-state index contributed by atoms with van der Waals surface area (Å²) in [6.45, 7) is 10.1. The Morgan fingerprint density at radius 1 is 1.11 bits per heavy atom. The van der Waals surface area contributed by atoms with Gasteiger partial charge in [0.15, 0.2) is 17.5 Å². The topological polar surface area (TPSA) is 84.0 Å². The van der Waals surface area contributed by atoms with Crippen LogP contribution in [0.2, 0.25) is 0 Å². The van der Waals surface area contributed by atoms with Crippen molar-refractivity contribution in [2.24, 2.45) is 10.4 Å². The van der Waals surface area contributed by atoms with Gasteiger partial charge in [0.2, 0.25) is 5.91 Å². The number of ether oxygens (including phenoxy) is 2. The third kappa shape index (κ3) is 8.53. The van der Waals surface area contributed by atoms with E-state index in [1.165, 1.54) is 0 Å². The van der Waals surface area contributed by atoms with Crippen LogP contribution in [-0.4, -0.2) is 52.3 Å². The van der Waals surface area contributed by atoms with Crippen molar-refractivity contribution < 1.29 is 14.3 Å². The van der Waals surface area contributed by atoms with Crippen molar-refractivity contribution >= 4 is 35.8 Å². The fourth-order valence-electron chi connectivity index (χ4n) is 2.52. The third-order valence-corrected chi connectivity index (χ3v) is 4.08. The summed E-state index contributed by atoms with van der Waals surface area (Å²) in [5.74, 6) is 2.20. The lowest BCUT2D eigenvalue weighted by Gasteiger charge is -2.24. The Hall–Kier alpha value is -1.71. The number of nitrogens with one attached hydrogen (secondary N) is 3. The number of hydrogen-bond donors (Lipinski definition) is 3. The Morgan fingerprint density at radius 2 is 1.75 bits per heavy atom. The predicted octanol–water partition coefficient (Wildman–Crippen LogP) is 2.58. The van der Waals surface area contributed by atoms with Gasteiger partial charge in [-0.05, 0) is 51.8 Å². The van der Waals surface area contributed by atoms with E-state index in [0.29, 0.717) is 32.3 Å². The quantitative estimate of drug-likeness (QED) is 0.258. The van der Waals surface area contributed by atoms with Gasteiger partial charge in [-0.1, -0.05) is 6.07 Å². The molecule has 1 amide bonds. The maximum atomic E-state index is 11.9. The van der Waals surface area contributed by atoms with E-state index in [4.69, 9.17) is 9.47 Å². The van der Waals surface area contributed by atoms with Crippen LogP contribution < -0.4 is 25.4 Å². The maximum absolute atomic E-state index is 11.9. The Morgan fingerprint density at radius 3 is 2.32 bits per heavy atom. The van der Waals surface area contributed by atoms with Crippen molar-refractivity contribution in [2.45, 2.75) is 34.1 Å². The minimum atomic E-state index is -0.520. The fourth-order valence-corrected chi connectivity index (χ4v) is 2.52. The molecule has 1 aromatic carbocycles. The van der Waals surface area contributed by atoms with E-state index in [0.717, 1.165) is 23.5 Å². The standard InChI is InChI=1S/C20H34N4O3.HI/c1-7-26-16-10-9-15(13-17(16)27-8-2)11-12-23-19(22-6)24-14-20(3,4)18(25)21-5;/h9-10,13H,7-8,11-12,14H2,1-6H3,(H,21,25)(H2,22,23,24);1H. The molecule has 0 spiro atoms. The summed E-state index contributed by atoms with van der Waals surface area (Å²) in [5, 5.41) is 9.16. The molecular formula is C20H35IN4O3. The number of hydrogen-bond acceptors (Lipinski definition) is 4. The van der Waals surface area contributed by atoms with Crippen molar-refractivity contribution in [3.8, 4) is 11.5 Å². The fraction of sp³-hybridized carbons (Fsp3) is 0.600. The molecule has 3 N–H and O–H groups in total. The van der Waals surface area contributed by atoms with Crippen LogP contribution in [0.25, 0.3) is 0 Å². The number of rotatable bonds is 10. The Labute approximate surface area is 186 Å². The molecule has 0 aromatic heterocycles. The van der Waals surface area contributed by atoms with E-state index in [2.05, 4.69) is 20.9 Å². The Kier molecular flexibility index (Phi) is 12.6. The second-order valence-electron chi connectivity index (χ2n) is 6.71. The van der Waals surface area contributed by atoms with Gasteiger partial charge in [0.25, 0.3) is 0 Å². The summed E-state index contributed by atoms with van der Waals surface area (Å²) >= 11 is 0. The number of benzene rings is 1. The second kappa shape index (κ2) is 13.5. The molecule has 0 saturated heterocycles. The SMILES string of the molecule is CCOc1ccc(CCNC(=NC)NCC(C)(C)C(=O)NC)cc1OCC.I. The molecule has 0 fully saturated rings. The molecule has 0 radical (unpaired) electrons. The Balaban J connectivity index is 0.00000729. The van der Waals surface area contributed by atoms with Gasteiger partial charge >= 0.3 is 0 Å². The lowest BCUT2D eigenvalue weighted by Crippen LogP contribution is -2.47. The maximum Gasteiger partial charge on any atom is 0.227 e. The smallest absolute Gasteiger partial charge is 0.227 e. The number of aliphatic imine (C=N–C) groups is 1. The average molecular weight is 506 g/mol. The predicted molar refractivity (Wildman–Crippen MR) is 125 cm³/mol. The van der Waals surface area contributed by atoms with E-state index in [1.54, 1.807) is 14.1 Å². The molecule has 0 heterocycles. The summed E-state index contributed by atoms with van der Waals surface area (Å²) in [6.07, 6.45) is 0.812. The van der Waals surface area contributed by atoms with E-state index >= 15 is 0 Å². The first kappa shape index (κ1) is 26.3. The summed E-state index contributed by atoms with van der Waals surface area (Å²) in [7, 11) is 3.36. The Bertz CT molecular complexity index is 636. The molecule has 1 rings (SSSR count). The molecule has 0 bridgehead atoms. The normalized spacial score (nSPS) is 11.3. The molecular weight excluding hydrogens is 471 g/mol. The van der Waals surface area contributed by atoms with Gasteiger partial charge in [-0.3, -0.25) is 9.79 Å². The largest absolute Gasteiger partial charge is 0.490 e. The minimum absolute atomic E-state index is 0. The highest BCUT2D eigenvalue weighted by molar-refractivity contribution is 14.0. The first-order valence-electron chi connectivity index (χ1n) is 9.43. The monoisotopic (exact) mass is 506 g/mol. The highest BCUT2D eigenvalue weighted by Gasteiger charge is 2.26. The molecule has 7 nitrogen and oxygen atoms in total. The molecule has 8 heteroatoms. The van der Waals surface area contributed by atoms with E-state index < -0.39 is 5.41 Å². The van der Waals surface area contributed by atoms with E-state index in [1.807, 2.05) is 45.9 Å². The molecule has 28 heavy (non-hydrogen) atoms. The van der Waals surface area contributed by atoms with Crippen LogP contribution in [-0.2, 0) is 11.2 Å². The summed E-state index contributed by atoms with van der Waals surface area (Å²) in [4.78, 5) is 16.1. The molecule has 0 saturated carbocycles. The van der Waals surface area contributed by atoms with Crippen molar-refractivity contribution in [2.75, 3.05) is 40.4 Å². The van der Waals surface area contributed by atoms with Crippen LogP contribution in [0.4, 0.5) is 0 Å². The zero-order valence-corrected chi connectivity index (χ0v) is 20.2. The van der Waals surface area contributed by atoms with Gasteiger partial charge in [-0.25, -0.2) is 0 Å². The molecule has 0 aliphatic heterocycles. The van der Waals surface area contributed by atoms with Gasteiger partial charge < -0.3 is 25.4 Å². The number of carbonyl (C=O) groups is 1. The van der Waals surface area contributed by atoms with Crippen LogP contribution >= 0.6 is 24.0 Å². The van der Waals surface area contributed by atoms with Crippen LogP contribution in [0.1, 0.15) is 33.3 Å². The molecule has 0 aliphatic carbocycles. The minimum Gasteiger partial charge on any atom is -0.490 e. The first-order chi connectivity index (χ1) is 12.9. The van der Waals surface area contributed by atoms with Crippen LogP contribution in [0, 0.1) is 5.41 Å². The summed E-state index contributed by atoms with van der Waals surface area (Å²) < 4.78 is 11.3. The van der Waals surface area contributed by atoms with Crippen LogP contribution in [0.15, 0.2) is 23.2 Å². The number of carbonyl (C=O) groups excluding carboxylic acids is 1. The highest BCUT2D eigenvalue weighted by Crippen LogP contribution is 2.28. The van der Waals surface area contributed by atoms with Gasteiger partial charge in [0.1, 0.15) is 0 Å². The zero-order valence-electron chi connectivity index (χ0n) is 17.8. The summed E-state index contributed by atoms with van der Waals surface area (Å²) in [6, 6.07) is 6.00. The number of amides is 1. The molecule has 0 atom stereocenters. The van der Waals surface area contributed by atoms with Crippen molar-refractivity contribution in [3.63, 3.8) is 0 Å². The lowest BCUT2D eigenvalue weighted by atomic mass is 9.92.